The summed E-state index contributed by atoms with van der Waals surface area (Å²) in [6.45, 7) is 11.5. The summed E-state index contributed by atoms with van der Waals surface area (Å²) < 4.78 is 0. The molecular formula is C12H27NO3. The molecule has 0 atom stereocenters. The Labute approximate surface area is 98.9 Å². The molecule has 0 amide bonds. The lowest BCUT2D eigenvalue weighted by atomic mass is 9.81. The minimum absolute atomic E-state index is 0.00292. The molecule has 0 unspecified atom stereocenters. The van der Waals surface area contributed by atoms with Gasteiger partial charge in [0.25, 0.3) is 0 Å². The summed E-state index contributed by atoms with van der Waals surface area (Å²) in [5, 5.41) is 28.7. The van der Waals surface area contributed by atoms with Crippen molar-refractivity contribution in [3.63, 3.8) is 0 Å². The van der Waals surface area contributed by atoms with Gasteiger partial charge < -0.3 is 15.3 Å². The standard InChI is InChI=1S/C12H27NO3/c1-10(2,9-15)13(7-8-14)11(3,4)12(5,6)16/h14-16H,7-9H2,1-6H3. The Morgan fingerprint density at radius 2 is 1.38 bits per heavy atom. The first kappa shape index (κ1) is 15.8. The topological polar surface area (TPSA) is 63.9 Å². The molecule has 0 radical (unpaired) electrons. The van der Waals surface area contributed by atoms with Crippen LogP contribution in [0.4, 0.5) is 0 Å². The number of aliphatic hydroxyl groups excluding tert-OH is 2. The summed E-state index contributed by atoms with van der Waals surface area (Å²) in [5.41, 5.74) is -1.94. The Bertz CT molecular complexity index is 219. The van der Waals surface area contributed by atoms with Gasteiger partial charge in [-0.15, -0.1) is 0 Å². The SMILES string of the molecule is CC(C)(CO)N(CCO)C(C)(C)C(C)(C)O. The van der Waals surface area contributed by atoms with Gasteiger partial charge in [0.15, 0.2) is 0 Å². The molecule has 4 heteroatoms. The number of nitrogens with zero attached hydrogens (tertiary/aromatic N) is 1. The van der Waals surface area contributed by atoms with Gasteiger partial charge in [0.1, 0.15) is 0 Å². The Morgan fingerprint density at radius 3 is 1.62 bits per heavy atom. The van der Waals surface area contributed by atoms with Crippen molar-refractivity contribution in [1.82, 2.24) is 4.90 Å². The lowest BCUT2D eigenvalue weighted by Crippen LogP contribution is -2.65. The van der Waals surface area contributed by atoms with E-state index < -0.39 is 16.7 Å². The largest absolute Gasteiger partial charge is 0.395 e. The molecule has 0 rings (SSSR count). The van der Waals surface area contributed by atoms with Crippen molar-refractivity contribution in [2.45, 2.75) is 58.2 Å². The Hall–Kier alpha value is -0.160. The van der Waals surface area contributed by atoms with Gasteiger partial charge in [-0.2, -0.15) is 0 Å². The van der Waals surface area contributed by atoms with Crippen LogP contribution in [0, 0.1) is 0 Å². The van der Waals surface area contributed by atoms with Crippen LogP contribution >= 0.6 is 0 Å². The first-order valence-corrected chi connectivity index (χ1v) is 5.72. The maximum Gasteiger partial charge on any atom is 0.0769 e. The Kier molecular flexibility index (Phi) is 4.95. The van der Waals surface area contributed by atoms with E-state index in [0.29, 0.717) is 6.54 Å². The molecule has 0 aliphatic rings. The monoisotopic (exact) mass is 233 g/mol. The van der Waals surface area contributed by atoms with Crippen LogP contribution in [0.1, 0.15) is 41.5 Å². The first-order chi connectivity index (χ1) is 7.00. The van der Waals surface area contributed by atoms with E-state index in [0.717, 1.165) is 0 Å². The van der Waals surface area contributed by atoms with E-state index in [1.165, 1.54) is 0 Å². The third-order valence-corrected chi connectivity index (χ3v) is 3.61. The quantitative estimate of drug-likeness (QED) is 0.629. The summed E-state index contributed by atoms with van der Waals surface area (Å²) in [6.07, 6.45) is 0. The van der Waals surface area contributed by atoms with Crippen LogP contribution in [0.5, 0.6) is 0 Å². The minimum atomic E-state index is -0.922. The molecule has 0 saturated heterocycles. The number of rotatable bonds is 6. The summed E-state index contributed by atoms with van der Waals surface area (Å²) in [6, 6.07) is 0. The lowest BCUT2D eigenvalue weighted by Gasteiger charge is -2.53. The van der Waals surface area contributed by atoms with Gasteiger partial charge in [0.05, 0.1) is 18.8 Å². The van der Waals surface area contributed by atoms with Crippen molar-refractivity contribution in [2.24, 2.45) is 0 Å². The second-order valence-corrected chi connectivity index (χ2v) is 5.96. The molecule has 16 heavy (non-hydrogen) atoms. The minimum Gasteiger partial charge on any atom is -0.395 e. The number of aliphatic hydroxyl groups is 3. The smallest absolute Gasteiger partial charge is 0.0769 e. The van der Waals surface area contributed by atoms with Crippen LogP contribution in [0.25, 0.3) is 0 Å². The molecule has 0 bridgehead atoms. The highest BCUT2D eigenvalue weighted by atomic mass is 16.3. The fraction of sp³-hybridized carbons (Fsp3) is 1.00. The fourth-order valence-corrected chi connectivity index (χ4v) is 1.85. The molecule has 0 aliphatic heterocycles. The average molecular weight is 233 g/mol. The van der Waals surface area contributed by atoms with Crippen molar-refractivity contribution < 1.29 is 15.3 Å². The van der Waals surface area contributed by atoms with Gasteiger partial charge in [0.2, 0.25) is 0 Å². The highest BCUT2D eigenvalue weighted by molar-refractivity contribution is 5.00. The molecule has 3 N–H and O–H groups in total. The molecule has 4 nitrogen and oxygen atoms in total. The molecular weight excluding hydrogens is 206 g/mol. The zero-order chi connectivity index (χ0) is 13.2. The molecule has 0 saturated carbocycles. The molecule has 0 aliphatic carbocycles. The molecule has 0 heterocycles. The van der Waals surface area contributed by atoms with E-state index in [9.17, 15) is 10.2 Å². The van der Waals surface area contributed by atoms with Crippen LogP contribution in [-0.2, 0) is 0 Å². The van der Waals surface area contributed by atoms with Gasteiger partial charge >= 0.3 is 0 Å². The number of hydrogen-bond donors (Lipinski definition) is 3. The predicted octanol–water partition coefficient (Wildman–Crippen LogP) is 0.601. The second kappa shape index (κ2) is 5.00. The van der Waals surface area contributed by atoms with Crippen molar-refractivity contribution in [1.29, 1.82) is 0 Å². The van der Waals surface area contributed by atoms with Crippen LogP contribution < -0.4 is 0 Å². The lowest BCUT2D eigenvalue weighted by molar-refractivity contribution is -0.122. The van der Waals surface area contributed by atoms with E-state index >= 15 is 0 Å². The molecule has 98 valence electrons. The van der Waals surface area contributed by atoms with E-state index in [4.69, 9.17) is 5.11 Å². The fourth-order valence-electron chi connectivity index (χ4n) is 1.85. The maximum atomic E-state index is 10.2. The van der Waals surface area contributed by atoms with Crippen molar-refractivity contribution >= 4 is 0 Å². The van der Waals surface area contributed by atoms with Gasteiger partial charge in [-0.1, -0.05) is 0 Å². The van der Waals surface area contributed by atoms with Gasteiger partial charge in [-0.05, 0) is 41.5 Å². The molecule has 0 aromatic carbocycles. The summed E-state index contributed by atoms with van der Waals surface area (Å²) in [5.74, 6) is 0. The van der Waals surface area contributed by atoms with Gasteiger partial charge in [0, 0.05) is 17.6 Å². The molecule has 0 aromatic heterocycles. The molecule has 0 fully saturated rings. The highest BCUT2D eigenvalue weighted by Crippen LogP contribution is 2.33. The second-order valence-electron chi connectivity index (χ2n) is 5.96. The number of β-amino-alcohol motifs (C(OH)–C–C–N with tert-alkyl or cyclic N) is 1. The first-order valence-electron chi connectivity index (χ1n) is 5.72. The molecule has 0 aromatic rings. The van der Waals surface area contributed by atoms with Crippen molar-refractivity contribution in [3.05, 3.63) is 0 Å². The summed E-state index contributed by atoms with van der Waals surface area (Å²) in [4.78, 5) is 1.94. The summed E-state index contributed by atoms with van der Waals surface area (Å²) >= 11 is 0. The average Bonchev–Trinajstić information content (AvgIpc) is 2.11. The third-order valence-electron chi connectivity index (χ3n) is 3.61. The van der Waals surface area contributed by atoms with E-state index in [-0.39, 0.29) is 13.2 Å². The van der Waals surface area contributed by atoms with Crippen LogP contribution in [0.15, 0.2) is 0 Å². The van der Waals surface area contributed by atoms with E-state index in [1.54, 1.807) is 13.8 Å². The normalized spacial score (nSPS) is 14.6. The highest BCUT2D eigenvalue weighted by Gasteiger charge is 2.45. The van der Waals surface area contributed by atoms with Crippen LogP contribution in [-0.4, -0.2) is 56.7 Å². The van der Waals surface area contributed by atoms with Gasteiger partial charge in [-0.3, -0.25) is 4.90 Å². The maximum absolute atomic E-state index is 10.2. The van der Waals surface area contributed by atoms with Gasteiger partial charge in [-0.25, -0.2) is 0 Å². The zero-order valence-corrected chi connectivity index (χ0v) is 11.4. The Balaban J connectivity index is 5.21. The van der Waals surface area contributed by atoms with Crippen molar-refractivity contribution in [2.75, 3.05) is 19.8 Å². The summed E-state index contributed by atoms with van der Waals surface area (Å²) in [7, 11) is 0. The third kappa shape index (κ3) is 3.17. The number of hydrogen-bond acceptors (Lipinski definition) is 4. The van der Waals surface area contributed by atoms with E-state index in [1.807, 2.05) is 32.6 Å². The van der Waals surface area contributed by atoms with E-state index in [2.05, 4.69) is 0 Å². The van der Waals surface area contributed by atoms with Crippen LogP contribution in [0.2, 0.25) is 0 Å². The molecule has 0 spiro atoms. The Morgan fingerprint density at radius 1 is 0.938 bits per heavy atom. The van der Waals surface area contributed by atoms with Crippen molar-refractivity contribution in [3.8, 4) is 0 Å². The van der Waals surface area contributed by atoms with Crippen LogP contribution in [0.3, 0.4) is 0 Å². The predicted molar refractivity (Wildman–Crippen MR) is 65.3 cm³/mol. The zero-order valence-electron chi connectivity index (χ0n) is 11.4.